The summed E-state index contributed by atoms with van der Waals surface area (Å²) >= 11 is 0. The lowest BCUT2D eigenvalue weighted by atomic mass is 10.1. The Bertz CT molecular complexity index is 481. The van der Waals surface area contributed by atoms with E-state index >= 15 is 0 Å². The molecule has 0 radical (unpaired) electrons. The third-order valence-electron chi connectivity index (χ3n) is 3.83. The summed E-state index contributed by atoms with van der Waals surface area (Å²) in [6.45, 7) is 5.03. The lowest BCUT2D eigenvalue weighted by Gasteiger charge is -2.33. The number of carboxylic acid groups (broad SMARTS) is 1. The second-order valence-electron chi connectivity index (χ2n) is 5.96. The molecule has 0 spiro atoms. The summed E-state index contributed by atoms with van der Waals surface area (Å²) in [5, 5.41) is 8.92. The van der Waals surface area contributed by atoms with Crippen LogP contribution in [0.4, 0.5) is 10.1 Å². The van der Waals surface area contributed by atoms with Crippen molar-refractivity contribution >= 4 is 11.7 Å². The average molecular weight is 279 g/mol. The first-order valence-electron chi connectivity index (χ1n) is 7.28. The van der Waals surface area contributed by atoms with Gasteiger partial charge in [-0.05, 0) is 37.0 Å². The van der Waals surface area contributed by atoms with E-state index in [0.29, 0.717) is 17.6 Å². The van der Waals surface area contributed by atoms with Gasteiger partial charge in [0.1, 0.15) is 5.82 Å². The Labute approximate surface area is 119 Å². The first kappa shape index (κ1) is 14.8. The van der Waals surface area contributed by atoms with Crippen LogP contribution < -0.4 is 4.90 Å². The predicted molar refractivity (Wildman–Crippen MR) is 77.8 cm³/mol. The van der Waals surface area contributed by atoms with Gasteiger partial charge in [0.05, 0.1) is 11.3 Å². The summed E-state index contributed by atoms with van der Waals surface area (Å²) in [5.41, 5.74) is 0.540. The molecule has 3 nitrogen and oxygen atoms in total. The molecule has 0 atom stereocenters. The molecule has 1 fully saturated rings. The van der Waals surface area contributed by atoms with Gasteiger partial charge in [0, 0.05) is 12.6 Å². The van der Waals surface area contributed by atoms with Crippen molar-refractivity contribution in [1.29, 1.82) is 0 Å². The van der Waals surface area contributed by atoms with Gasteiger partial charge in [0.25, 0.3) is 0 Å². The van der Waals surface area contributed by atoms with Crippen molar-refractivity contribution in [3.05, 3.63) is 29.6 Å². The second-order valence-corrected chi connectivity index (χ2v) is 5.96. The number of hydrogen-bond donors (Lipinski definition) is 1. The van der Waals surface area contributed by atoms with Crippen LogP contribution in [0.3, 0.4) is 0 Å². The first-order chi connectivity index (χ1) is 9.49. The molecule has 1 aliphatic rings. The van der Waals surface area contributed by atoms with E-state index in [2.05, 4.69) is 18.7 Å². The predicted octanol–water partition coefficient (Wildman–Crippen LogP) is 3.93. The van der Waals surface area contributed by atoms with E-state index in [1.54, 1.807) is 6.07 Å². The minimum Gasteiger partial charge on any atom is -0.478 e. The largest absolute Gasteiger partial charge is 0.478 e. The van der Waals surface area contributed by atoms with Crippen LogP contribution in [-0.4, -0.2) is 23.7 Å². The molecule has 1 N–H and O–H groups in total. The molecule has 0 saturated heterocycles. The molecule has 4 heteroatoms. The van der Waals surface area contributed by atoms with Crippen LogP contribution >= 0.6 is 0 Å². The third-order valence-corrected chi connectivity index (χ3v) is 3.83. The van der Waals surface area contributed by atoms with Crippen LogP contribution in [0.1, 0.15) is 49.9 Å². The Morgan fingerprint density at radius 3 is 2.55 bits per heavy atom. The Morgan fingerprint density at radius 1 is 1.40 bits per heavy atom. The van der Waals surface area contributed by atoms with Crippen molar-refractivity contribution in [2.75, 3.05) is 11.4 Å². The number of carboxylic acids is 1. The minimum atomic E-state index is -1.09. The van der Waals surface area contributed by atoms with Gasteiger partial charge in [-0.1, -0.05) is 26.7 Å². The first-order valence-corrected chi connectivity index (χ1v) is 7.28. The van der Waals surface area contributed by atoms with Gasteiger partial charge in [-0.3, -0.25) is 0 Å². The zero-order valence-electron chi connectivity index (χ0n) is 12.1. The fourth-order valence-electron chi connectivity index (χ4n) is 2.93. The number of halogens is 1. The molecule has 0 aromatic heterocycles. The molecule has 2 rings (SSSR count). The standard InChI is InChI=1S/C16H22FNO2/c1-11(2)10-18(13-5-3-4-6-13)15-8-7-12(16(19)20)9-14(15)17/h7-9,11,13H,3-6,10H2,1-2H3,(H,19,20). The van der Waals surface area contributed by atoms with Crippen molar-refractivity contribution in [1.82, 2.24) is 0 Å². The number of carbonyl (C=O) groups is 1. The quantitative estimate of drug-likeness (QED) is 0.887. The summed E-state index contributed by atoms with van der Waals surface area (Å²) in [7, 11) is 0. The molecule has 1 aliphatic carbocycles. The number of anilines is 1. The van der Waals surface area contributed by atoms with Crippen LogP contribution in [0.5, 0.6) is 0 Å². The van der Waals surface area contributed by atoms with E-state index in [4.69, 9.17) is 5.11 Å². The molecule has 1 aromatic carbocycles. The summed E-state index contributed by atoms with van der Waals surface area (Å²) < 4.78 is 14.3. The van der Waals surface area contributed by atoms with E-state index in [9.17, 15) is 9.18 Å². The summed E-state index contributed by atoms with van der Waals surface area (Å²) in [5.74, 6) is -1.08. The van der Waals surface area contributed by atoms with Crippen LogP contribution in [0.25, 0.3) is 0 Å². The number of nitrogens with zero attached hydrogens (tertiary/aromatic N) is 1. The Kier molecular flexibility index (Phi) is 4.63. The topological polar surface area (TPSA) is 40.5 Å². The van der Waals surface area contributed by atoms with Crippen molar-refractivity contribution < 1.29 is 14.3 Å². The van der Waals surface area contributed by atoms with Gasteiger partial charge in [-0.2, -0.15) is 0 Å². The molecule has 1 aromatic rings. The monoisotopic (exact) mass is 279 g/mol. The normalized spacial score (nSPS) is 15.8. The minimum absolute atomic E-state index is 0.00201. The maximum Gasteiger partial charge on any atom is 0.335 e. The maximum absolute atomic E-state index is 14.3. The molecular formula is C16H22FNO2. The zero-order chi connectivity index (χ0) is 14.7. The Morgan fingerprint density at radius 2 is 2.05 bits per heavy atom. The van der Waals surface area contributed by atoms with Gasteiger partial charge >= 0.3 is 5.97 Å². The molecular weight excluding hydrogens is 257 g/mol. The molecule has 20 heavy (non-hydrogen) atoms. The van der Waals surface area contributed by atoms with E-state index in [1.807, 2.05) is 0 Å². The maximum atomic E-state index is 14.3. The second kappa shape index (κ2) is 6.25. The van der Waals surface area contributed by atoms with Crippen molar-refractivity contribution in [2.24, 2.45) is 5.92 Å². The van der Waals surface area contributed by atoms with Gasteiger partial charge in [-0.15, -0.1) is 0 Å². The fourth-order valence-corrected chi connectivity index (χ4v) is 2.93. The highest BCUT2D eigenvalue weighted by Crippen LogP contribution is 2.31. The average Bonchev–Trinajstić information content (AvgIpc) is 2.89. The lowest BCUT2D eigenvalue weighted by molar-refractivity contribution is 0.0696. The number of rotatable bonds is 5. The molecule has 0 unspecified atom stereocenters. The summed E-state index contributed by atoms with van der Waals surface area (Å²) in [6.07, 6.45) is 4.56. The molecule has 110 valence electrons. The van der Waals surface area contributed by atoms with Crippen molar-refractivity contribution in [3.63, 3.8) is 0 Å². The lowest BCUT2D eigenvalue weighted by Crippen LogP contribution is -2.37. The van der Waals surface area contributed by atoms with Gasteiger partial charge in [-0.25, -0.2) is 9.18 Å². The molecule has 0 amide bonds. The van der Waals surface area contributed by atoms with Crippen LogP contribution in [0.2, 0.25) is 0 Å². The summed E-state index contributed by atoms with van der Waals surface area (Å²) in [4.78, 5) is 13.0. The molecule has 0 heterocycles. The van der Waals surface area contributed by atoms with Crippen LogP contribution in [0, 0.1) is 11.7 Å². The zero-order valence-corrected chi connectivity index (χ0v) is 12.1. The van der Waals surface area contributed by atoms with Crippen LogP contribution in [-0.2, 0) is 0 Å². The van der Waals surface area contributed by atoms with Crippen molar-refractivity contribution in [3.8, 4) is 0 Å². The highest BCUT2D eigenvalue weighted by molar-refractivity contribution is 5.88. The molecule has 0 bridgehead atoms. The van der Waals surface area contributed by atoms with Gasteiger partial charge < -0.3 is 10.0 Å². The fraction of sp³-hybridized carbons (Fsp3) is 0.562. The number of benzene rings is 1. The SMILES string of the molecule is CC(C)CN(c1ccc(C(=O)O)cc1F)C1CCCC1. The highest BCUT2D eigenvalue weighted by Gasteiger charge is 2.25. The number of aromatic carboxylic acids is 1. The van der Waals surface area contributed by atoms with E-state index in [0.717, 1.165) is 25.5 Å². The van der Waals surface area contributed by atoms with Crippen molar-refractivity contribution in [2.45, 2.75) is 45.6 Å². The highest BCUT2D eigenvalue weighted by atomic mass is 19.1. The smallest absolute Gasteiger partial charge is 0.335 e. The third kappa shape index (κ3) is 3.30. The van der Waals surface area contributed by atoms with E-state index in [1.165, 1.54) is 18.9 Å². The molecule has 0 aliphatic heterocycles. The van der Waals surface area contributed by atoms with Gasteiger partial charge in [0.2, 0.25) is 0 Å². The van der Waals surface area contributed by atoms with E-state index in [-0.39, 0.29) is 5.56 Å². The number of hydrogen-bond acceptors (Lipinski definition) is 2. The molecule has 1 saturated carbocycles. The Hall–Kier alpha value is -1.58. The van der Waals surface area contributed by atoms with Crippen LogP contribution in [0.15, 0.2) is 18.2 Å². The van der Waals surface area contributed by atoms with E-state index < -0.39 is 11.8 Å². The summed E-state index contributed by atoms with van der Waals surface area (Å²) in [6, 6.07) is 4.60. The Balaban J connectivity index is 2.30. The van der Waals surface area contributed by atoms with Gasteiger partial charge in [0.15, 0.2) is 0 Å².